The van der Waals surface area contributed by atoms with Gasteiger partial charge in [0, 0.05) is 11.5 Å². The Morgan fingerprint density at radius 1 is 1.09 bits per heavy atom. The Morgan fingerprint density at radius 3 is 2.48 bits per heavy atom. The third-order valence-electron chi connectivity index (χ3n) is 3.89. The van der Waals surface area contributed by atoms with Crippen LogP contribution in [0.15, 0.2) is 36.4 Å². The third kappa shape index (κ3) is 3.22. The Bertz CT molecular complexity index is 835. The average Bonchev–Trinajstić information content (AvgIpc) is 2.81. The molecular weight excluding hydrogens is 315 g/mol. The lowest BCUT2D eigenvalue weighted by Crippen LogP contribution is -2.07. The number of benzene rings is 2. The molecule has 0 aliphatic heterocycles. The van der Waals surface area contributed by atoms with E-state index in [2.05, 4.69) is 4.52 Å². The highest BCUT2D eigenvalue weighted by atomic mass is 31.2. The first-order valence-corrected chi connectivity index (χ1v) is 8.83. The lowest BCUT2D eigenvalue weighted by molar-refractivity contribution is 0.0939. The van der Waals surface area contributed by atoms with Crippen LogP contribution in [0, 0.1) is 5.92 Å². The van der Waals surface area contributed by atoms with Crippen LogP contribution < -0.4 is 4.52 Å². The first-order chi connectivity index (χ1) is 10.7. The molecule has 6 heteroatoms. The van der Waals surface area contributed by atoms with Crippen molar-refractivity contribution in [3.63, 3.8) is 0 Å². The number of carbonyl (C=O) groups is 1. The molecule has 0 fully saturated rings. The van der Waals surface area contributed by atoms with Crippen LogP contribution in [-0.2, 0) is 11.0 Å². The molecule has 2 aromatic carbocycles. The Kier molecular flexibility index (Phi) is 3.88. The number of carbonyl (C=O) groups excluding carboxylic acids is 1. The maximum absolute atomic E-state index is 12.2. The Morgan fingerprint density at radius 2 is 1.83 bits per heavy atom. The van der Waals surface area contributed by atoms with Crippen molar-refractivity contribution in [1.29, 1.82) is 0 Å². The molecule has 120 valence electrons. The minimum Gasteiger partial charge on any atom is -0.404 e. The Hall–Kier alpha value is -1.94. The second-order valence-electron chi connectivity index (χ2n) is 5.97. The lowest BCUT2D eigenvalue weighted by Gasteiger charge is -2.09. The molecule has 5 nitrogen and oxygen atoms in total. The van der Waals surface area contributed by atoms with Gasteiger partial charge < -0.3 is 4.52 Å². The molecule has 0 radical (unpaired) electrons. The van der Waals surface area contributed by atoms with E-state index in [1.54, 1.807) is 12.1 Å². The van der Waals surface area contributed by atoms with E-state index in [1.165, 1.54) is 6.07 Å². The van der Waals surface area contributed by atoms with E-state index in [0.717, 1.165) is 22.3 Å². The molecule has 0 saturated heterocycles. The summed E-state index contributed by atoms with van der Waals surface area (Å²) in [7, 11) is -4.56. The minimum absolute atomic E-state index is 0.0621. The monoisotopic (exact) mass is 332 g/mol. The summed E-state index contributed by atoms with van der Waals surface area (Å²) in [5.41, 5.74) is 4.67. The fraction of sp³-hybridized carbons (Fsp3) is 0.235. The van der Waals surface area contributed by atoms with Crippen molar-refractivity contribution < 1.29 is 23.7 Å². The third-order valence-corrected chi connectivity index (χ3v) is 4.34. The predicted molar refractivity (Wildman–Crippen MR) is 86.5 cm³/mol. The second kappa shape index (κ2) is 5.60. The first kappa shape index (κ1) is 15.9. The van der Waals surface area contributed by atoms with E-state index in [0.29, 0.717) is 12.0 Å². The Balaban J connectivity index is 1.98. The van der Waals surface area contributed by atoms with E-state index in [9.17, 15) is 9.36 Å². The van der Waals surface area contributed by atoms with Gasteiger partial charge in [-0.25, -0.2) is 4.57 Å². The smallest absolute Gasteiger partial charge is 0.404 e. The lowest BCUT2D eigenvalue weighted by atomic mass is 9.96. The molecule has 0 heterocycles. The van der Waals surface area contributed by atoms with E-state index >= 15 is 0 Å². The molecule has 1 aliphatic carbocycles. The van der Waals surface area contributed by atoms with Crippen molar-refractivity contribution in [3.05, 3.63) is 53.1 Å². The molecule has 0 unspecified atom stereocenters. The van der Waals surface area contributed by atoms with Crippen molar-refractivity contribution >= 4 is 13.6 Å². The largest absolute Gasteiger partial charge is 0.524 e. The number of ketones is 1. The number of rotatable bonds is 4. The molecule has 2 N–H and O–H groups in total. The van der Waals surface area contributed by atoms with Crippen LogP contribution in [0.25, 0.3) is 11.1 Å². The SMILES string of the molecule is CC(C)C(=O)c1ccc2c(c1)-c1ccc(OP(=O)(O)O)cc1C2. The summed E-state index contributed by atoms with van der Waals surface area (Å²) in [6.07, 6.45) is 0.652. The molecule has 0 saturated carbocycles. The van der Waals surface area contributed by atoms with Crippen molar-refractivity contribution in [2.24, 2.45) is 5.92 Å². The van der Waals surface area contributed by atoms with Gasteiger partial charge in [0.05, 0.1) is 0 Å². The number of hydrogen-bond donors (Lipinski definition) is 2. The fourth-order valence-electron chi connectivity index (χ4n) is 2.85. The zero-order valence-corrected chi connectivity index (χ0v) is 13.7. The highest BCUT2D eigenvalue weighted by Crippen LogP contribution is 2.42. The van der Waals surface area contributed by atoms with E-state index < -0.39 is 7.82 Å². The van der Waals surface area contributed by atoms with Crippen LogP contribution in [0.5, 0.6) is 5.75 Å². The summed E-state index contributed by atoms with van der Waals surface area (Å²) >= 11 is 0. The van der Waals surface area contributed by atoms with Crippen LogP contribution in [-0.4, -0.2) is 15.6 Å². The van der Waals surface area contributed by atoms with E-state index in [4.69, 9.17) is 9.79 Å². The summed E-state index contributed by atoms with van der Waals surface area (Å²) in [5, 5.41) is 0. The van der Waals surface area contributed by atoms with Crippen molar-refractivity contribution in [2.75, 3.05) is 0 Å². The van der Waals surface area contributed by atoms with Crippen molar-refractivity contribution in [1.82, 2.24) is 0 Å². The van der Waals surface area contributed by atoms with Gasteiger partial charge in [-0.3, -0.25) is 14.6 Å². The molecule has 0 aromatic heterocycles. The van der Waals surface area contributed by atoms with Gasteiger partial charge in [-0.1, -0.05) is 32.0 Å². The topological polar surface area (TPSA) is 83.8 Å². The van der Waals surface area contributed by atoms with Gasteiger partial charge in [-0.2, -0.15) is 0 Å². The summed E-state index contributed by atoms with van der Waals surface area (Å²) < 4.78 is 15.6. The first-order valence-electron chi connectivity index (χ1n) is 7.30. The molecule has 0 spiro atoms. The standard InChI is InChI=1S/C17H17O5P/c1-10(2)17(18)12-4-3-11-7-13-8-14(22-23(19,20)21)5-6-15(13)16(11)9-12/h3-6,8-10H,7H2,1-2H3,(H2,19,20,21). The molecular formula is C17H17O5P. The van der Waals surface area contributed by atoms with Gasteiger partial charge in [0.1, 0.15) is 5.75 Å². The van der Waals surface area contributed by atoms with Gasteiger partial charge in [-0.15, -0.1) is 0 Å². The zero-order chi connectivity index (χ0) is 16.8. The molecule has 2 aromatic rings. The normalized spacial score (nSPS) is 12.9. The summed E-state index contributed by atoms with van der Waals surface area (Å²) in [4.78, 5) is 29.9. The summed E-state index contributed by atoms with van der Waals surface area (Å²) in [6.45, 7) is 3.74. The molecule has 3 rings (SSSR count). The van der Waals surface area contributed by atoms with Crippen LogP contribution in [0.1, 0.15) is 35.3 Å². The van der Waals surface area contributed by atoms with Crippen LogP contribution >= 0.6 is 7.82 Å². The van der Waals surface area contributed by atoms with E-state index in [1.807, 2.05) is 32.0 Å². The molecule has 0 amide bonds. The molecule has 23 heavy (non-hydrogen) atoms. The molecule has 0 bridgehead atoms. The van der Waals surface area contributed by atoms with Crippen molar-refractivity contribution in [3.8, 4) is 16.9 Å². The fourth-order valence-corrected chi connectivity index (χ4v) is 3.23. The maximum atomic E-state index is 12.2. The van der Waals surface area contributed by atoms with Gasteiger partial charge in [-0.05, 0) is 46.9 Å². The van der Waals surface area contributed by atoms with Crippen LogP contribution in [0.4, 0.5) is 0 Å². The average molecular weight is 332 g/mol. The number of hydrogen-bond acceptors (Lipinski definition) is 3. The highest BCUT2D eigenvalue weighted by molar-refractivity contribution is 7.46. The molecule has 1 aliphatic rings. The summed E-state index contributed by atoms with van der Waals surface area (Å²) in [5.74, 6) is 0.180. The Labute approximate surface area is 134 Å². The summed E-state index contributed by atoms with van der Waals surface area (Å²) in [6, 6.07) is 10.6. The maximum Gasteiger partial charge on any atom is 0.524 e. The van der Waals surface area contributed by atoms with Crippen LogP contribution in [0.2, 0.25) is 0 Å². The highest BCUT2D eigenvalue weighted by Gasteiger charge is 2.23. The zero-order valence-electron chi connectivity index (χ0n) is 12.8. The number of phosphoric acid groups is 1. The van der Waals surface area contributed by atoms with E-state index in [-0.39, 0.29) is 17.5 Å². The molecule has 0 atom stereocenters. The van der Waals surface area contributed by atoms with Gasteiger partial charge in [0.25, 0.3) is 0 Å². The van der Waals surface area contributed by atoms with Crippen molar-refractivity contribution in [2.45, 2.75) is 20.3 Å². The quantitative estimate of drug-likeness (QED) is 0.564. The van der Waals surface area contributed by atoms with Gasteiger partial charge in [0.15, 0.2) is 5.78 Å². The van der Waals surface area contributed by atoms with Gasteiger partial charge >= 0.3 is 7.82 Å². The number of Topliss-reactive ketones (excluding diaryl/α,β-unsaturated/α-hetero) is 1. The second-order valence-corrected chi connectivity index (χ2v) is 7.13. The predicted octanol–water partition coefficient (Wildman–Crippen LogP) is 3.57. The van der Waals surface area contributed by atoms with Crippen LogP contribution in [0.3, 0.4) is 0 Å². The van der Waals surface area contributed by atoms with Gasteiger partial charge in [0.2, 0.25) is 0 Å². The minimum atomic E-state index is -4.56. The number of fused-ring (bicyclic) bond motifs is 3. The number of phosphoric ester groups is 1.